The third-order valence-electron chi connectivity index (χ3n) is 4.39. The zero-order valence-corrected chi connectivity index (χ0v) is 18.5. The number of benzene rings is 1. The standard InChI is InChI=1S/C18H21ClN4O2S2.ClH/c1-21-8-10-22(11-9-21)20-16(24)6-7-23-17(25)15(27-18(23)26)12-13-2-4-14(19)5-3-13;/h2-5,12H,6-11H2,1H3,(H,20,24);1H/p-1/b15-12+;. The quantitative estimate of drug-likeness (QED) is 0.460. The highest BCUT2D eigenvalue weighted by Gasteiger charge is 2.32. The first-order valence-electron chi connectivity index (χ1n) is 8.66. The van der Waals surface area contributed by atoms with Crippen molar-refractivity contribution in [1.82, 2.24) is 20.2 Å². The second-order valence-electron chi connectivity index (χ2n) is 6.46. The number of likely N-dealkylation sites (N-methyl/N-ethyl adjacent to an activating group) is 1. The lowest BCUT2D eigenvalue weighted by Crippen LogP contribution is -3.00. The van der Waals surface area contributed by atoms with Crippen molar-refractivity contribution < 1.29 is 22.0 Å². The largest absolute Gasteiger partial charge is 1.00 e. The van der Waals surface area contributed by atoms with E-state index in [2.05, 4.69) is 17.4 Å². The summed E-state index contributed by atoms with van der Waals surface area (Å²) in [6, 6.07) is 7.24. The number of nitrogens with zero attached hydrogens (tertiary/aromatic N) is 3. The summed E-state index contributed by atoms with van der Waals surface area (Å²) < 4.78 is 0.479. The van der Waals surface area contributed by atoms with E-state index in [-0.39, 0.29) is 37.2 Å². The fourth-order valence-corrected chi connectivity index (χ4v) is 4.20. The predicted molar refractivity (Wildman–Crippen MR) is 113 cm³/mol. The molecular weight excluding hydrogens is 439 g/mol. The summed E-state index contributed by atoms with van der Waals surface area (Å²) in [5, 5.41) is 2.57. The van der Waals surface area contributed by atoms with Crippen LogP contribution in [0.3, 0.4) is 0 Å². The zero-order chi connectivity index (χ0) is 19.4. The first kappa shape index (κ1) is 23.1. The lowest BCUT2D eigenvalue weighted by Gasteiger charge is -2.32. The highest BCUT2D eigenvalue weighted by molar-refractivity contribution is 8.26. The summed E-state index contributed by atoms with van der Waals surface area (Å²) in [7, 11) is 2.06. The monoisotopic (exact) mass is 459 g/mol. The van der Waals surface area contributed by atoms with Gasteiger partial charge in [0.2, 0.25) is 5.91 Å². The van der Waals surface area contributed by atoms with E-state index in [0.717, 1.165) is 31.7 Å². The van der Waals surface area contributed by atoms with Crippen LogP contribution in [0, 0.1) is 0 Å². The maximum atomic E-state index is 12.6. The number of thiocarbonyl (C=S) groups is 1. The van der Waals surface area contributed by atoms with Crippen molar-refractivity contribution in [1.29, 1.82) is 0 Å². The topological polar surface area (TPSA) is 55.9 Å². The maximum absolute atomic E-state index is 12.6. The second-order valence-corrected chi connectivity index (χ2v) is 8.57. The van der Waals surface area contributed by atoms with Gasteiger partial charge in [-0.1, -0.05) is 47.7 Å². The molecule has 0 aliphatic carbocycles. The number of hydrazine groups is 1. The van der Waals surface area contributed by atoms with Gasteiger partial charge in [0, 0.05) is 44.2 Å². The van der Waals surface area contributed by atoms with Crippen molar-refractivity contribution in [2.75, 3.05) is 39.8 Å². The second kappa shape index (κ2) is 10.6. The molecule has 10 heteroatoms. The number of hydrogen-bond acceptors (Lipinski definition) is 6. The molecule has 6 nitrogen and oxygen atoms in total. The van der Waals surface area contributed by atoms with Crippen molar-refractivity contribution in [3.8, 4) is 0 Å². The number of piperazine rings is 1. The number of carbonyl (C=O) groups excluding carboxylic acids is 2. The molecule has 2 aliphatic heterocycles. The SMILES string of the molecule is CN1CCN(NC(=O)CCN2C(=O)/C(=C\c3ccc(Cl)cc3)SC2=S)CC1.[Cl-]. The number of amides is 2. The van der Waals surface area contributed by atoms with Gasteiger partial charge in [-0.25, -0.2) is 5.01 Å². The van der Waals surface area contributed by atoms with Crippen molar-refractivity contribution >= 4 is 57.8 Å². The van der Waals surface area contributed by atoms with Crippen molar-refractivity contribution in [2.24, 2.45) is 0 Å². The highest BCUT2D eigenvalue weighted by Crippen LogP contribution is 2.32. The third kappa shape index (κ3) is 6.17. The molecule has 2 amide bonds. The summed E-state index contributed by atoms with van der Waals surface area (Å²) in [6.07, 6.45) is 2.01. The lowest BCUT2D eigenvalue weighted by atomic mass is 10.2. The first-order chi connectivity index (χ1) is 12.9. The molecule has 0 unspecified atom stereocenters. The van der Waals surface area contributed by atoms with Crippen LogP contribution in [-0.4, -0.2) is 70.7 Å². The van der Waals surface area contributed by atoms with E-state index in [9.17, 15) is 9.59 Å². The van der Waals surface area contributed by atoms with Gasteiger partial charge in [0.05, 0.1) is 4.91 Å². The summed E-state index contributed by atoms with van der Waals surface area (Å²) in [6.45, 7) is 3.72. The third-order valence-corrected chi connectivity index (χ3v) is 6.02. The van der Waals surface area contributed by atoms with Gasteiger partial charge in [0.1, 0.15) is 4.32 Å². The molecule has 1 N–H and O–H groups in total. The van der Waals surface area contributed by atoms with Crippen LogP contribution in [0.15, 0.2) is 29.2 Å². The number of rotatable bonds is 5. The predicted octanol–water partition coefficient (Wildman–Crippen LogP) is -0.786. The van der Waals surface area contributed by atoms with E-state index in [1.165, 1.54) is 16.7 Å². The summed E-state index contributed by atoms with van der Waals surface area (Å²) in [5.41, 5.74) is 3.78. The van der Waals surface area contributed by atoms with Gasteiger partial charge in [-0.15, -0.1) is 0 Å². The van der Waals surface area contributed by atoms with Crippen LogP contribution in [-0.2, 0) is 9.59 Å². The molecule has 0 atom stereocenters. The Balaban J connectivity index is 0.00000280. The molecule has 0 radical (unpaired) electrons. The first-order valence-corrected chi connectivity index (χ1v) is 10.3. The average Bonchev–Trinajstić information content (AvgIpc) is 2.90. The van der Waals surface area contributed by atoms with Gasteiger partial charge in [-0.05, 0) is 30.8 Å². The Kier molecular flexibility index (Phi) is 8.73. The van der Waals surface area contributed by atoms with Crippen molar-refractivity contribution in [3.05, 3.63) is 39.8 Å². The van der Waals surface area contributed by atoms with Gasteiger partial charge in [0.15, 0.2) is 0 Å². The molecule has 2 saturated heterocycles. The minimum absolute atomic E-state index is 0. The average molecular weight is 460 g/mol. The molecular formula is C18H21Cl2N4O2S2-. The summed E-state index contributed by atoms with van der Waals surface area (Å²) in [5.74, 6) is -0.261. The number of carbonyl (C=O) groups is 2. The Morgan fingerprint density at radius 2 is 1.89 bits per heavy atom. The van der Waals surface area contributed by atoms with E-state index in [1.807, 2.05) is 17.1 Å². The van der Waals surface area contributed by atoms with Gasteiger partial charge in [-0.3, -0.25) is 19.9 Å². The Labute approximate surface area is 185 Å². The van der Waals surface area contributed by atoms with E-state index in [4.69, 9.17) is 23.8 Å². The van der Waals surface area contributed by atoms with E-state index >= 15 is 0 Å². The lowest BCUT2D eigenvalue weighted by molar-refractivity contribution is -0.127. The molecule has 2 aliphatic rings. The Hall–Kier alpha value is -1.16. The van der Waals surface area contributed by atoms with Crippen LogP contribution in [0.25, 0.3) is 6.08 Å². The van der Waals surface area contributed by atoms with Crippen LogP contribution in [0.5, 0.6) is 0 Å². The van der Waals surface area contributed by atoms with Crippen molar-refractivity contribution in [2.45, 2.75) is 6.42 Å². The minimum atomic E-state index is -0.160. The molecule has 28 heavy (non-hydrogen) atoms. The zero-order valence-electron chi connectivity index (χ0n) is 15.4. The normalized spacial score (nSPS) is 19.8. The Bertz CT molecular complexity index is 765. The highest BCUT2D eigenvalue weighted by atomic mass is 35.5. The summed E-state index contributed by atoms with van der Waals surface area (Å²) in [4.78, 5) is 29.1. The van der Waals surface area contributed by atoms with E-state index in [0.29, 0.717) is 14.2 Å². The van der Waals surface area contributed by atoms with Crippen molar-refractivity contribution in [3.63, 3.8) is 0 Å². The van der Waals surface area contributed by atoms with Crippen LogP contribution in [0.1, 0.15) is 12.0 Å². The molecule has 152 valence electrons. The number of nitrogens with one attached hydrogen (secondary N) is 1. The van der Waals surface area contributed by atoms with Crippen LogP contribution >= 0.6 is 35.6 Å². The smallest absolute Gasteiger partial charge is 0.266 e. The molecule has 0 bridgehead atoms. The fourth-order valence-electron chi connectivity index (χ4n) is 2.77. The van der Waals surface area contributed by atoms with E-state index < -0.39 is 0 Å². The molecule has 0 saturated carbocycles. The summed E-state index contributed by atoms with van der Waals surface area (Å²) >= 11 is 12.5. The van der Waals surface area contributed by atoms with Crippen LogP contribution < -0.4 is 17.8 Å². The Morgan fingerprint density at radius 3 is 2.54 bits per heavy atom. The molecule has 1 aromatic rings. The van der Waals surface area contributed by atoms with Gasteiger partial charge < -0.3 is 17.3 Å². The molecule has 2 fully saturated rings. The maximum Gasteiger partial charge on any atom is 0.266 e. The van der Waals surface area contributed by atoms with Gasteiger partial charge in [0.25, 0.3) is 5.91 Å². The minimum Gasteiger partial charge on any atom is -1.00 e. The Morgan fingerprint density at radius 1 is 1.25 bits per heavy atom. The molecule has 0 aromatic heterocycles. The molecule has 0 spiro atoms. The van der Waals surface area contributed by atoms with Gasteiger partial charge in [-0.2, -0.15) is 0 Å². The molecule has 3 rings (SSSR count). The van der Waals surface area contributed by atoms with E-state index in [1.54, 1.807) is 18.2 Å². The van der Waals surface area contributed by atoms with Gasteiger partial charge >= 0.3 is 0 Å². The van der Waals surface area contributed by atoms with Crippen LogP contribution in [0.2, 0.25) is 5.02 Å². The number of thioether (sulfide) groups is 1. The number of hydrogen-bond donors (Lipinski definition) is 1. The molecule has 2 heterocycles. The molecule has 1 aromatic carbocycles. The number of halogens is 2. The van der Waals surface area contributed by atoms with Crippen LogP contribution in [0.4, 0.5) is 0 Å². The fraction of sp³-hybridized carbons (Fsp3) is 0.389.